The summed E-state index contributed by atoms with van der Waals surface area (Å²) in [7, 11) is 0. The summed E-state index contributed by atoms with van der Waals surface area (Å²) >= 11 is 5.25. The molecule has 0 aromatic rings. The highest BCUT2D eigenvalue weighted by Crippen LogP contribution is 2.31. The first-order valence-corrected chi connectivity index (χ1v) is 4.02. The molecule has 0 aliphatic heterocycles. The summed E-state index contributed by atoms with van der Waals surface area (Å²) in [6, 6.07) is 0. The Hall–Kier alpha value is 0.0900. The second kappa shape index (κ2) is 3.00. The van der Waals surface area contributed by atoms with Crippen LogP contribution in [0.15, 0.2) is 12.7 Å². The molecule has 0 unspecified atom stereocenters. The van der Waals surface area contributed by atoms with Gasteiger partial charge in [-0.15, -0.1) is 6.58 Å². The van der Waals surface area contributed by atoms with Gasteiger partial charge in [0.1, 0.15) is 0 Å². The molecule has 0 atom stereocenters. The van der Waals surface area contributed by atoms with Crippen LogP contribution in [0.1, 0.15) is 34.1 Å². The Labute approximate surface area is 70.1 Å². The summed E-state index contributed by atoms with van der Waals surface area (Å²) in [6.07, 6.45) is 2.99. The lowest BCUT2D eigenvalue weighted by Crippen LogP contribution is -2.21. The van der Waals surface area contributed by atoms with Gasteiger partial charge in [-0.05, 0) is 25.7 Å². The van der Waals surface area contributed by atoms with Crippen molar-refractivity contribution in [1.82, 2.24) is 0 Å². The monoisotopic (exact) mass is 157 g/mol. The van der Waals surface area contributed by atoms with Crippen molar-refractivity contribution in [2.24, 2.45) is 5.41 Å². The van der Waals surface area contributed by atoms with Crippen LogP contribution in [0.4, 0.5) is 0 Å². The molecule has 0 saturated carbocycles. The Kier molecular flexibility index (Phi) is 3.02. The highest BCUT2D eigenvalue weighted by Gasteiger charge is 2.23. The molecule has 0 rings (SSSR count). The summed E-state index contributed by atoms with van der Waals surface area (Å²) < 4.78 is -0.00229. The number of allylic oxidation sites excluding steroid dienone is 1. The molecule has 0 spiro atoms. The van der Waals surface area contributed by atoms with Crippen LogP contribution < -0.4 is 0 Å². The third-order valence-electron chi connectivity index (χ3n) is 1.43. The van der Waals surface area contributed by atoms with E-state index in [0.717, 1.165) is 6.42 Å². The minimum Gasteiger partial charge on any atom is -0.103 e. The van der Waals surface area contributed by atoms with Crippen molar-refractivity contribution in [2.75, 3.05) is 0 Å². The molecular weight excluding hydrogens is 140 g/mol. The summed E-state index contributed by atoms with van der Waals surface area (Å²) in [5.74, 6) is 0. The number of hydrogen-bond donors (Lipinski definition) is 0. The number of hydrogen-bond acceptors (Lipinski definition) is 0. The third-order valence-corrected chi connectivity index (χ3v) is 1.58. The molecule has 0 aromatic carbocycles. The first-order chi connectivity index (χ1) is 4.27. The highest BCUT2D eigenvalue weighted by atomic mass is 32.1. The van der Waals surface area contributed by atoms with Crippen LogP contribution >= 0.6 is 12.6 Å². The molecule has 0 fully saturated rings. The SMILES string of the molecule is C=CC(C)(C)CC(C)(C)[S]. The van der Waals surface area contributed by atoms with Gasteiger partial charge in [0.2, 0.25) is 0 Å². The van der Waals surface area contributed by atoms with Gasteiger partial charge in [-0.3, -0.25) is 0 Å². The Morgan fingerprint density at radius 1 is 1.30 bits per heavy atom. The molecule has 0 bridgehead atoms. The molecule has 0 aliphatic carbocycles. The standard InChI is InChI=1S/C9H17S/c1-6-8(2,3)7-9(4,5)10/h6H,1,7H2,2-5H3. The maximum absolute atomic E-state index is 5.25. The maximum atomic E-state index is 5.25. The minimum atomic E-state index is -0.00229. The van der Waals surface area contributed by atoms with Crippen molar-refractivity contribution in [2.45, 2.75) is 38.9 Å². The zero-order chi connectivity index (χ0) is 8.41. The average Bonchev–Trinajstić information content (AvgIpc) is 1.60. The van der Waals surface area contributed by atoms with Crippen LogP contribution in [-0.2, 0) is 0 Å². The lowest BCUT2D eigenvalue weighted by atomic mass is 9.84. The minimum absolute atomic E-state index is 0.00229. The van der Waals surface area contributed by atoms with Gasteiger partial charge in [0, 0.05) is 4.75 Å². The first kappa shape index (κ1) is 10.1. The van der Waals surface area contributed by atoms with E-state index in [0.29, 0.717) is 0 Å². The lowest BCUT2D eigenvalue weighted by Gasteiger charge is -2.27. The first-order valence-electron chi connectivity index (χ1n) is 3.61. The molecule has 0 heterocycles. The fourth-order valence-electron chi connectivity index (χ4n) is 1.17. The van der Waals surface area contributed by atoms with E-state index in [2.05, 4.69) is 34.3 Å². The second-order valence-corrected chi connectivity index (χ2v) is 5.23. The van der Waals surface area contributed by atoms with E-state index >= 15 is 0 Å². The van der Waals surface area contributed by atoms with Crippen molar-refractivity contribution in [3.63, 3.8) is 0 Å². The van der Waals surface area contributed by atoms with E-state index in [1.165, 1.54) is 0 Å². The van der Waals surface area contributed by atoms with Gasteiger partial charge in [0.05, 0.1) is 0 Å². The van der Waals surface area contributed by atoms with E-state index in [4.69, 9.17) is 12.6 Å². The molecule has 10 heavy (non-hydrogen) atoms. The van der Waals surface area contributed by atoms with Gasteiger partial charge in [-0.1, -0.05) is 32.6 Å². The van der Waals surface area contributed by atoms with Crippen molar-refractivity contribution in [3.8, 4) is 0 Å². The summed E-state index contributed by atoms with van der Waals surface area (Å²) in [4.78, 5) is 0. The summed E-state index contributed by atoms with van der Waals surface area (Å²) in [5.41, 5.74) is 0.186. The zero-order valence-electron chi connectivity index (χ0n) is 7.40. The molecule has 0 amide bonds. The predicted octanol–water partition coefficient (Wildman–Crippen LogP) is 3.56. The van der Waals surface area contributed by atoms with Crippen molar-refractivity contribution >= 4 is 12.6 Å². The molecule has 1 heteroatoms. The topological polar surface area (TPSA) is 0 Å². The van der Waals surface area contributed by atoms with Crippen molar-refractivity contribution in [1.29, 1.82) is 0 Å². The molecule has 0 aliphatic rings. The molecule has 0 N–H and O–H groups in total. The molecule has 0 saturated heterocycles. The Balaban J connectivity index is 4.01. The van der Waals surface area contributed by atoms with Crippen molar-refractivity contribution < 1.29 is 0 Å². The van der Waals surface area contributed by atoms with Crippen LogP contribution in [0.25, 0.3) is 0 Å². The van der Waals surface area contributed by atoms with E-state index < -0.39 is 0 Å². The summed E-state index contributed by atoms with van der Waals surface area (Å²) in [6.45, 7) is 12.2. The van der Waals surface area contributed by atoms with E-state index in [1.54, 1.807) is 0 Å². The van der Waals surface area contributed by atoms with E-state index in [1.807, 2.05) is 6.08 Å². The fourth-order valence-corrected chi connectivity index (χ4v) is 1.54. The maximum Gasteiger partial charge on any atom is 0.0215 e. The van der Waals surface area contributed by atoms with Crippen LogP contribution in [0.3, 0.4) is 0 Å². The van der Waals surface area contributed by atoms with Crippen molar-refractivity contribution in [3.05, 3.63) is 12.7 Å². The van der Waals surface area contributed by atoms with Gasteiger partial charge < -0.3 is 0 Å². The Morgan fingerprint density at radius 3 is 1.80 bits per heavy atom. The Bertz CT molecular complexity index is 117. The average molecular weight is 157 g/mol. The van der Waals surface area contributed by atoms with Crippen LogP contribution in [0.5, 0.6) is 0 Å². The smallest absolute Gasteiger partial charge is 0.0215 e. The predicted molar refractivity (Wildman–Crippen MR) is 50.3 cm³/mol. The largest absolute Gasteiger partial charge is 0.103 e. The quantitative estimate of drug-likeness (QED) is 0.549. The van der Waals surface area contributed by atoms with Gasteiger partial charge in [0.25, 0.3) is 0 Å². The number of rotatable bonds is 3. The van der Waals surface area contributed by atoms with Gasteiger partial charge in [-0.2, -0.15) is 0 Å². The zero-order valence-corrected chi connectivity index (χ0v) is 8.22. The fraction of sp³-hybridized carbons (Fsp3) is 0.778. The van der Waals surface area contributed by atoms with Gasteiger partial charge >= 0.3 is 0 Å². The highest BCUT2D eigenvalue weighted by molar-refractivity contribution is 7.81. The van der Waals surface area contributed by atoms with Gasteiger partial charge in [-0.25, -0.2) is 0 Å². The molecule has 1 radical (unpaired) electrons. The van der Waals surface area contributed by atoms with Gasteiger partial charge in [0.15, 0.2) is 0 Å². The third kappa shape index (κ3) is 4.92. The van der Waals surface area contributed by atoms with Crippen LogP contribution in [0, 0.1) is 5.41 Å². The molecule has 59 valence electrons. The lowest BCUT2D eigenvalue weighted by molar-refractivity contribution is 0.391. The normalized spacial score (nSPS) is 13.3. The van der Waals surface area contributed by atoms with E-state index in [-0.39, 0.29) is 10.2 Å². The van der Waals surface area contributed by atoms with Crippen LogP contribution in [0.2, 0.25) is 0 Å². The van der Waals surface area contributed by atoms with Crippen LogP contribution in [-0.4, -0.2) is 4.75 Å². The molecule has 0 nitrogen and oxygen atoms in total. The second-order valence-electron chi connectivity index (χ2n) is 4.13. The Morgan fingerprint density at radius 2 is 1.70 bits per heavy atom. The van der Waals surface area contributed by atoms with E-state index in [9.17, 15) is 0 Å². The molecular formula is C9H17S. The summed E-state index contributed by atoms with van der Waals surface area (Å²) in [5, 5.41) is 0. The molecule has 0 aromatic heterocycles.